The molecule has 0 unspecified atom stereocenters. The van der Waals surface area contributed by atoms with Gasteiger partial charge in [-0.15, -0.1) is 0 Å². The zero-order valence-corrected chi connectivity index (χ0v) is 10.3. The average molecular weight is 248 g/mol. The van der Waals surface area contributed by atoms with E-state index >= 15 is 0 Å². The molecule has 1 aliphatic carbocycles. The minimum absolute atomic E-state index is 0.148. The van der Waals surface area contributed by atoms with E-state index in [-0.39, 0.29) is 6.04 Å². The first kappa shape index (κ1) is 12.0. The molecular weight excluding hydrogens is 234 g/mol. The molecule has 1 heterocycles. The van der Waals surface area contributed by atoms with Crippen LogP contribution in [0, 0.1) is 22.7 Å². The van der Waals surface area contributed by atoms with Crippen molar-refractivity contribution in [3.8, 4) is 12.1 Å². The van der Waals surface area contributed by atoms with Crippen LogP contribution in [0.4, 0.5) is 0 Å². The molecule has 3 nitrogen and oxygen atoms in total. The molecule has 17 heavy (non-hydrogen) atoms. The number of fused-ring (bicyclic) bond motifs is 1. The van der Waals surface area contributed by atoms with Crippen LogP contribution in [-0.4, -0.2) is 6.04 Å². The van der Waals surface area contributed by atoms with Crippen LogP contribution in [0.25, 0.3) is 0 Å². The Morgan fingerprint density at radius 2 is 1.76 bits per heavy atom. The van der Waals surface area contributed by atoms with Crippen molar-refractivity contribution in [3.63, 3.8) is 0 Å². The second-order valence-electron chi connectivity index (χ2n) is 4.46. The molecule has 1 N–H and O–H groups in total. The second kappa shape index (κ2) is 5.25. The highest BCUT2D eigenvalue weighted by Crippen LogP contribution is 2.33. The van der Waals surface area contributed by atoms with E-state index in [4.69, 9.17) is 16.9 Å². The Morgan fingerprint density at radius 1 is 1.06 bits per heavy atom. The minimum atomic E-state index is 0.148. The lowest BCUT2D eigenvalue weighted by Crippen LogP contribution is -2.34. The van der Waals surface area contributed by atoms with Crippen molar-refractivity contribution in [1.82, 2.24) is 5.32 Å². The summed E-state index contributed by atoms with van der Waals surface area (Å²) in [7, 11) is 0. The first-order chi connectivity index (χ1) is 8.27. The van der Waals surface area contributed by atoms with E-state index in [1.54, 1.807) is 0 Å². The van der Waals surface area contributed by atoms with Crippen LogP contribution in [0.5, 0.6) is 0 Å². The fourth-order valence-corrected chi connectivity index (χ4v) is 2.82. The Balaban J connectivity index is 2.43. The quantitative estimate of drug-likeness (QED) is 0.669. The SMILES string of the molecule is N#CC1=C(Cl)N[C@H]2CCCCCCC2=C1C#N. The maximum absolute atomic E-state index is 9.23. The molecule has 1 fully saturated rings. The number of hydrogen-bond acceptors (Lipinski definition) is 3. The summed E-state index contributed by atoms with van der Waals surface area (Å²) < 4.78 is 0. The Kier molecular flexibility index (Phi) is 3.71. The Bertz CT molecular complexity index is 462. The lowest BCUT2D eigenvalue weighted by molar-refractivity contribution is 0.485. The predicted octanol–water partition coefficient (Wildman–Crippen LogP) is 3.11. The third-order valence-corrected chi connectivity index (χ3v) is 3.72. The maximum atomic E-state index is 9.23. The number of nitriles is 2. The Hall–Kier alpha value is -1.45. The van der Waals surface area contributed by atoms with Crippen molar-refractivity contribution in [2.75, 3.05) is 0 Å². The smallest absolute Gasteiger partial charge is 0.122 e. The molecule has 1 atom stereocenters. The van der Waals surface area contributed by atoms with Crippen molar-refractivity contribution < 1.29 is 0 Å². The van der Waals surface area contributed by atoms with Gasteiger partial charge in [-0.25, -0.2) is 0 Å². The van der Waals surface area contributed by atoms with Crippen molar-refractivity contribution in [2.45, 2.75) is 44.6 Å². The highest BCUT2D eigenvalue weighted by molar-refractivity contribution is 6.30. The van der Waals surface area contributed by atoms with E-state index in [0.29, 0.717) is 16.3 Å². The number of allylic oxidation sites excluding steroid dienone is 2. The van der Waals surface area contributed by atoms with Gasteiger partial charge in [0, 0.05) is 6.04 Å². The van der Waals surface area contributed by atoms with Gasteiger partial charge in [0.25, 0.3) is 0 Å². The van der Waals surface area contributed by atoms with Crippen LogP contribution in [-0.2, 0) is 0 Å². The molecule has 0 spiro atoms. The highest BCUT2D eigenvalue weighted by atomic mass is 35.5. The molecular formula is C13H14ClN3. The highest BCUT2D eigenvalue weighted by Gasteiger charge is 2.28. The number of nitrogens with one attached hydrogen (secondary N) is 1. The van der Waals surface area contributed by atoms with E-state index in [9.17, 15) is 5.26 Å². The maximum Gasteiger partial charge on any atom is 0.122 e. The molecule has 0 aromatic heterocycles. The number of hydrogen-bond donors (Lipinski definition) is 1. The lowest BCUT2D eigenvalue weighted by Gasteiger charge is -2.29. The number of rotatable bonds is 0. The first-order valence-corrected chi connectivity index (χ1v) is 6.35. The molecule has 0 aromatic rings. The predicted molar refractivity (Wildman–Crippen MR) is 65.8 cm³/mol. The van der Waals surface area contributed by atoms with Gasteiger partial charge >= 0.3 is 0 Å². The molecule has 0 saturated heterocycles. The van der Waals surface area contributed by atoms with E-state index in [1.807, 2.05) is 6.07 Å². The summed E-state index contributed by atoms with van der Waals surface area (Å²) in [5.41, 5.74) is 1.89. The summed E-state index contributed by atoms with van der Waals surface area (Å²) in [4.78, 5) is 0. The van der Waals surface area contributed by atoms with Gasteiger partial charge in [-0.1, -0.05) is 30.9 Å². The van der Waals surface area contributed by atoms with Crippen molar-refractivity contribution in [3.05, 3.63) is 21.9 Å². The average Bonchev–Trinajstić information content (AvgIpc) is 2.30. The molecule has 88 valence electrons. The summed E-state index contributed by atoms with van der Waals surface area (Å²) in [5, 5.41) is 21.8. The Labute approximate surface area is 106 Å². The van der Waals surface area contributed by atoms with Crippen LogP contribution in [0.3, 0.4) is 0 Å². The molecule has 0 bridgehead atoms. The third-order valence-electron chi connectivity index (χ3n) is 3.42. The molecule has 0 radical (unpaired) electrons. The molecule has 4 heteroatoms. The van der Waals surface area contributed by atoms with Gasteiger partial charge in [0.2, 0.25) is 0 Å². The third kappa shape index (κ3) is 2.30. The van der Waals surface area contributed by atoms with Crippen molar-refractivity contribution in [1.29, 1.82) is 10.5 Å². The number of dihydropyridines is 1. The van der Waals surface area contributed by atoms with Gasteiger partial charge in [-0.3, -0.25) is 0 Å². The van der Waals surface area contributed by atoms with Crippen LogP contribution in [0.2, 0.25) is 0 Å². The van der Waals surface area contributed by atoms with Crippen molar-refractivity contribution in [2.24, 2.45) is 0 Å². The van der Waals surface area contributed by atoms with Gasteiger partial charge in [0.1, 0.15) is 22.9 Å². The van der Waals surface area contributed by atoms with Crippen LogP contribution in [0.1, 0.15) is 38.5 Å². The summed E-state index contributed by atoms with van der Waals surface area (Å²) >= 11 is 6.03. The van der Waals surface area contributed by atoms with Crippen LogP contribution in [0.15, 0.2) is 21.9 Å². The molecule has 1 saturated carbocycles. The van der Waals surface area contributed by atoms with Crippen LogP contribution >= 0.6 is 11.6 Å². The second-order valence-corrected chi connectivity index (χ2v) is 4.84. The van der Waals surface area contributed by atoms with Gasteiger partial charge in [-0.05, 0) is 24.8 Å². The Morgan fingerprint density at radius 3 is 2.47 bits per heavy atom. The van der Waals surface area contributed by atoms with Crippen molar-refractivity contribution >= 4 is 11.6 Å². The standard InChI is InChI=1S/C13H14ClN3/c14-13-11(8-16)10(7-15)9-5-3-1-2-4-6-12(9)17-13/h12,17H,1-6H2/t12-/m0/s1. The van der Waals surface area contributed by atoms with E-state index in [1.165, 1.54) is 12.8 Å². The topological polar surface area (TPSA) is 59.6 Å². The normalized spacial score (nSPS) is 25.0. The monoisotopic (exact) mass is 247 g/mol. The summed E-state index contributed by atoms with van der Waals surface area (Å²) in [6.07, 6.45) is 6.57. The van der Waals surface area contributed by atoms with E-state index in [2.05, 4.69) is 11.4 Å². The van der Waals surface area contributed by atoms with Gasteiger partial charge in [-0.2, -0.15) is 10.5 Å². The first-order valence-electron chi connectivity index (χ1n) is 5.98. The summed E-state index contributed by atoms with van der Waals surface area (Å²) in [5.74, 6) is 0. The molecule has 0 aromatic carbocycles. The largest absolute Gasteiger partial charge is 0.368 e. The number of halogens is 1. The van der Waals surface area contributed by atoms with E-state index in [0.717, 1.165) is 31.3 Å². The molecule has 1 aliphatic heterocycles. The zero-order valence-electron chi connectivity index (χ0n) is 9.59. The fourth-order valence-electron chi connectivity index (χ4n) is 2.55. The summed E-state index contributed by atoms with van der Waals surface area (Å²) in [6, 6.07) is 4.33. The van der Waals surface area contributed by atoms with Gasteiger partial charge < -0.3 is 5.32 Å². The molecule has 2 rings (SSSR count). The van der Waals surface area contributed by atoms with Gasteiger partial charge in [0.15, 0.2) is 0 Å². The lowest BCUT2D eigenvalue weighted by atomic mass is 9.85. The zero-order chi connectivity index (χ0) is 12.3. The minimum Gasteiger partial charge on any atom is -0.368 e. The molecule has 0 amide bonds. The van der Waals surface area contributed by atoms with Gasteiger partial charge in [0.05, 0.1) is 5.57 Å². The molecule has 2 aliphatic rings. The van der Waals surface area contributed by atoms with E-state index < -0.39 is 0 Å². The van der Waals surface area contributed by atoms with Crippen LogP contribution < -0.4 is 5.32 Å². The summed E-state index contributed by atoms with van der Waals surface area (Å²) in [6.45, 7) is 0. The number of nitrogens with zero attached hydrogens (tertiary/aromatic N) is 2. The fraction of sp³-hybridized carbons (Fsp3) is 0.538.